The van der Waals surface area contributed by atoms with E-state index in [9.17, 15) is 0 Å². The van der Waals surface area contributed by atoms with Crippen molar-refractivity contribution in [3.05, 3.63) is 23.2 Å². The van der Waals surface area contributed by atoms with E-state index in [1.165, 1.54) is 25.7 Å². The molecule has 2 aromatic rings. The standard InChI is InChI=1S/C16H20N2O2S/c1-19-11-7-8-13(20-2)12(9-11)14-15(17)21-16(18-14)10-5-3-4-6-10/h7-10H,3-6,17H2,1-2H3. The van der Waals surface area contributed by atoms with Crippen LogP contribution in [0.3, 0.4) is 0 Å². The summed E-state index contributed by atoms with van der Waals surface area (Å²) in [4.78, 5) is 4.80. The number of nitrogen functional groups attached to an aromatic ring is 1. The zero-order valence-corrected chi connectivity index (χ0v) is 13.2. The van der Waals surface area contributed by atoms with Crippen LogP contribution in [0.15, 0.2) is 18.2 Å². The van der Waals surface area contributed by atoms with Gasteiger partial charge in [-0.05, 0) is 31.0 Å². The molecular weight excluding hydrogens is 284 g/mol. The molecule has 0 bridgehead atoms. The number of nitrogens with zero attached hydrogens (tertiary/aromatic N) is 1. The Kier molecular flexibility index (Phi) is 4.01. The molecule has 0 amide bonds. The van der Waals surface area contributed by atoms with E-state index in [1.54, 1.807) is 25.6 Å². The molecular formula is C16H20N2O2S. The first kappa shape index (κ1) is 14.2. The molecule has 0 spiro atoms. The molecule has 1 aliphatic carbocycles. The molecule has 1 aliphatic rings. The van der Waals surface area contributed by atoms with Crippen LogP contribution in [-0.2, 0) is 0 Å². The molecule has 0 saturated heterocycles. The number of methoxy groups -OCH3 is 2. The van der Waals surface area contributed by atoms with Gasteiger partial charge in [0, 0.05) is 11.5 Å². The Balaban J connectivity index is 2.03. The molecule has 5 heteroatoms. The van der Waals surface area contributed by atoms with Crippen molar-refractivity contribution in [3.63, 3.8) is 0 Å². The van der Waals surface area contributed by atoms with E-state index in [1.807, 2.05) is 18.2 Å². The third-order valence-corrected chi connectivity index (χ3v) is 5.08. The number of ether oxygens (including phenoxy) is 2. The van der Waals surface area contributed by atoms with Crippen LogP contribution in [0.4, 0.5) is 5.00 Å². The second kappa shape index (κ2) is 5.93. The summed E-state index contributed by atoms with van der Waals surface area (Å²) in [5.74, 6) is 2.12. The Morgan fingerprint density at radius 3 is 2.62 bits per heavy atom. The van der Waals surface area contributed by atoms with Crippen molar-refractivity contribution in [1.29, 1.82) is 0 Å². The lowest BCUT2D eigenvalue weighted by Gasteiger charge is -2.09. The minimum absolute atomic E-state index is 0.572. The normalized spacial score (nSPS) is 15.3. The van der Waals surface area contributed by atoms with Crippen molar-refractivity contribution in [1.82, 2.24) is 4.98 Å². The minimum atomic E-state index is 0.572. The molecule has 2 N–H and O–H groups in total. The topological polar surface area (TPSA) is 57.4 Å². The first-order valence-corrected chi connectivity index (χ1v) is 8.03. The molecule has 21 heavy (non-hydrogen) atoms. The highest BCUT2D eigenvalue weighted by atomic mass is 32.1. The Bertz CT molecular complexity index is 633. The SMILES string of the molecule is COc1ccc(OC)c(-c2nc(C3CCCC3)sc2N)c1. The molecule has 3 rings (SSSR count). The molecule has 1 saturated carbocycles. The van der Waals surface area contributed by atoms with Gasteiger partial charge in [0.1, 0.15) is 22.2 Å². The van der Waals surface area contributed by atoms with Gasteiger partial charge in [-0.25, -0.2) is 4.98 Å². The average molecular weight is 304 g/mol. The van der Waals surface area contributed by atoms with Crippen molar-refractivity contribution in [2.45, 2.75) is 31.6 Å². The fraction of sp³-hybridized carbons (Fsp3) is 0.438. The monoisotopic (exact) mass is 304 g/mol. The van der Waals surface area contributed by atoms with Gasteiger partial charge in [-0.2, -0.15) is 0 Å². The Labute approximate surface area is 128 Å². The second-order valence-electron chi connectivity index (χ2n) is 5.31. The third-order valence-electron chi connectivity index (χ3n) is 4.04. The number of thiazole rings is 1. The maximum Gasteiger partial charge on any atom is 0.128 e. The van der Waals surface area contributed by atoms with E-state index >= 15 is 0 Å². The maximum atomic E-state index is 6.22. The van der Waals surface area contributed by atoms with Gasteiger partial charge in [-0.3, -0.25) is 0 Å². The van der Waals surface area contributed by atoms with E-state index in [0.717, 1.165) is 32.8 Å². The smallest absolute Gasteiger partial charge is 0.128 e. The number of nitrogens with two attached hydrogens (primary N) is 1. The van der Waals surface area contributed by atoms with Crippen molar-refractivity contribution in [2.24, 2.45) is 0 Å². The van der Waals surface area contributed by atoms with Crippen LogP contribution in [-0.4, -0.2) is 19.2 Å². The predicted octanol–water partition coefficient (Wildman–Crippen LogP) is 4.07. The molecule has 0 atom stereocenters. The number of rotatable bonds is 4. The van der Waals surface area contributed by atoms with Gasteiger partial charge in [0.15, 0.2) is 0 Å². The fourth-order valence-electron chi connectivity index (χ4n) is 2.89. The fourth-order valence-corrected chi connectivity index (χ4v) is 3.91. The zero-order chi connectivity index (χ0) is 14.8. The summed E-state index contributed by atoms with van der Waals surface area (Å²) in [6, 6.07) is 5.70. The molecule has 1 aromatic heterocycles. The van der Waals surface area contributed by atoms with Crippen LogP contribution in [0.5, 0.6) is 11.5 Å². The highest BCUT2D eigenvalue weighted by Gasteiger charge is 2.23. The van der Waals surface area contributed by atoms with E-state index < -0.39 is 0 Å². The highest BCUT2D eigenvalue weighted by Crippen LogP contribution is 2.43. The number of benzene rings is 1. The second-order valence-corrected chi connectivity index (χ2v) is 6.37. The molecule has 1 fully saturated rings. The Morgan fingerprint density at radius 2 is 1.95 bits per heavy atom. The summed E-state index contributed by atoms with van der Waals surface area (Å²) in [5, 5.41) is 1.91. The van der Waals surface area contributed by atoms with Crippen molar-refractivity contribution < 1.29 is 9.47 Å². The Morgan fingerprint density at radius 1 is 1.19 bits per heavy atom. The summed E-state index contributed by atoms with van der Waals surface area (Å²) in [6.07, 6.45) is 5.03. The van der Waals surface area contributed by atoms with Crippen molar-refractivity contribution >= 4 is 16.3 Å². The molecule has 0 aliphatic heterocycles. The van der Waals surface area contributed by atoms with Crippen molar-refractivity contribution in [3.8, 4) is 22.8 Å². The van der Waals surface area contributed by atoms with Gasteiger partial charge in [-0.1, -0.05) is 12.8 Å². The average Bonchev–Trinajstić information content (AvgIpc) is 3.15. The third kappa shape index (κ3) is 2.70. The summed E-state index contributed by atoms with van der Waals surface area (Å²) < 4.78 is 10.7. The van der Waals surface area contributed by atoms with E-state index in [-0.39, 0.29) is 0 Å². The summed E-state index contributed by atoms with van der Waals surface area (Å²) in [7, 11) is 3.31. The van der Waals surface area contributed by atoms with Crippen LogP contribution < -0.4 is 15.2 Å². The molecule has 4 nitrogen and oxygen atoms in total. The lowest BCUT2D eigenvalue weighted by Crippen LogP contribution is -1.94. The molecule has 0 radical (unpaired) electrons. The van der Waals surface area contributed by atoms with Crippen molar-refractivity contribution in [2.75, 3.05) is 20.0 Å². The number of hydrogen-bond acceptors (Lipinski definition) is 5. The lowest BCUT2D eigenvalue weighted by molar-refractivity contribution is 0.404. The first-order valence-electron chi connectivity index (χ1n) is 7.21. The summed E-state index contributed by atoms with van der Waals surface area (Å²) in [5.41, 5.74) is 7.93. The summed E-state index contributed by atoms with van der Waals surface area (Å²) in [6.45, 7) is 0. The largest absolute Gasteiger partial charge is 0.497 e. The van der Waals surface area contributed by atoms with Gasteiger partial charge < -0.3 is 15.2 Å². The van der Waals surface area contributed by atoms with Gasteiger partial charge in [0.05, 0.1) is 19.2 Å². The quantitative estimate of drug-likeness (QED) is 0.925. The maximum absolute atomic E-state index is 6.22. The van der Waals surface area contributed by atoms with Gasteiger partial charge >= 0.3 is 0 Å². The van der Waals surface area contributed by atoms with Gasteiger partial charge in [-0.15, -0.1) is 11.3 Å². The van der Waals surface area contributed by atoms with Crippen LogP contribution >= 0.6 is 11.3 Å². The first-order chi connectivity index (χ1) is 10.2. The molecule has 0 unspecified atom stereocenters. The summed E-state index contributed by atoms with van der Waals surface area (Å²) >= 11 is 1.61. The van der Waals surface area contributed by atoms with E-state index in [4.69, 9.17) is 20.2 Å². The van der Waals surface area contributed by atoms with E-state index in [2.05, 4.69) is 0 Å². The minimum Gasteiger partial charge on any atom is -0.497 e. The van der Waals surface area contributed by atoms with Crippen LogP contribution in [0.25, 0.3) is 11.3 Å². The predicted molar refractivity (Wildman–Crippen MR) is 86.3 cm³/mol. The van der Waals surface area contributed by atoms with Crippen LogP contribution in [0.1, 0.15) is 36.6 Å². The molecule has 1 heterocycles. The van der Waals surface area contributed by atoms with Gasteiger partial charge in [0.25, 0.3) is 0 Å². The number of anilines is 1. The van der Waals surface area contributed by atoms with Crippen LogP contribution in [0.2, 0.25) is 0 Å². The highest BCUT2D eigenvalue weighted by molar-refractivity contribution is 7.16. The Hall–Kier alpha value is -1.75. The van der Waals surface area contributed by atoms with Crippen LogP contribution in [0, 0.1) is 0 Å². The number of aromatic nitrogens is 1. The molecule has 112 valence electrons. The molecule has 1 aromatic carbocycles. The van der Waals surface area contributed by atoms with Gasteiger partial charge in [0.2, 0.25) is 0 Å². The lowest BCUT2D eigenvalue weighted by atomic mass is 10.1. The van der Waals surface area contributed by atoms with E-state index in [0.29, 0.717) is 5.92 Å². The number of hydrogen-bond donors (Lipinski definition) is 1. The zero-order valence-electron chi connectivity index (χ0n) is 12.4.